The molecule has 0 unspecified atom stereocenters. The van der Waals surface area contributed by atoms with E-state index < -0.39 is 17.5 Å². The molecule has 9 heteroatoms. The Balaban J connectivity index is 1.63. The maximum Gasteiger partial charge on any atom is 0.407 e. The van der Waals surface area contributed by atoms with Crippen LogP contribution >= 0.6 is 11.6 Å². The average molecular weight is 437 g/mol. The van der Waals surface area contributed by atoms with E-state index in [1.54, 1.807) is 6.07 Å². The molecule has 1 aromatic heterocycles. The molecule has 2 aromatic rings. The highest BCUT2D eigenvalue weighted by atomic mass is 35.5. The van der Waals surface area contributed by atoms with Gasteiger partial charge < -0.3 is 24.6 Å². The van der Waals surface area contributed by atoms with Crippen LogP contribution in [0.25, 0.3) is 11.3 Å². The topological polar surface area (TPSA) is 81.8 Å². The Kier molecular flexibility index (Phi) is 5.99. The molecule has 30 heavy (non-hydrogen) atoms. The Morgan fingerprint density at radius 2 is 1.87 bits per heavy atom. The van der Waals surface area contributed by atoms with Gasteiger partial charge in [-0.2, -0.15) is 0 Å². The van der Waals surface area contributed by atoms with Crippen molar-refractivity contribution < 1.29 is 19.4 Å². The van der Waals surface area contributed by atoms with E-state index in [2.05, 4.69) is 4.90 Å². The number of hydrogen-bond donors (Lipinski definition) is 2. The van der Waals surface area contributed by atoms with Crippen molar-refractivity contribution in [3.05, 3.63) is 41.1 Å². The monoisotopic (exact) mass is 436 g/mol. The van der Waals surface area contributed by atoms with Crippen LogP contribution in [0.5, 0.6) is 0 Å². The summed E-state index contributed by atoms with van der Waals surface area (Å²) in [6.07, 6.45) is 3.86. The number of imidazole rings is 1. The van der Waals surface area contributed by atoms with Crippen LogP contribution in [0.15, 0.2) is 24.4 Å². The number of amides is 1. The molecule has 0 radical (unpaired) electrons. The zero-order valence-corrected chi connectivity index (χ0v) is 17.5. The van der Waals surface area contributed by atoms with E-state index in [0.29, 0.717) is 23.6 Å². The number of aromatic nitrogens is 2. The van der Waals surface area contributed by atoms with Crippen molar-refractivity contribution >= 4 is 17.7 Å². The number of carbonyl (C=O) groups is 1. The molecule has 2 aliphatic rings. The van der Waals surface area contributed by atoms with Gasteiger partial charge in [-0.25, -0.2) is 14.2 Å². The number of nitrogens with zero attached hydrogens (tertiary/aromatic N) is 4. The van der Waals surface area contributed by atoms with Crippen molar-refractivity contribution in [1.29, 1.82) is 0 Å². The van der Waals surface area contributed by atoms with Gasteiger partial charge in [-0.15, -0.1) is 0 Å². The molecule has 2 aliphatic heterocycles. The van der Waals surface area contributed by atoms with E-state index in [-0.39, 0.29) is 31.0 Å². The van der Waals surface area contributed by atoms with Crippen molar-refractivity contribution in [1.82, 2.24) is 19.4 Å². The third-order valence-electron chi connectivity index (χ3n) is 6.13. The van der Waals surface area contributed by atoms with Gasteiger partial charge in [-0.3, -0.25) is 0 Å². The minimum Gasteiger partial charge on any atom is -0.465 e. The first-order valence-electron chi connectivity index (χ1n) is 10.3. The molecular weight excluding hydrogens is 411 g/mol. The molecule has 2 fully saturated rings. The van der Waals surface area contributed by atoms with E-state index in [1.807, 2.05) is 10.8 Å². The number of piperidine rings is 1. The highest BCUT2D eigenvalue weighted by Crippen LogP contribution is 2.34. The SMILES string of the molecule is O=C(O)N1CCC(O)(c2nc(-c3ccc(F)c(Cl)c3)cn2CCN2CCCC2)CC1. The molecule has 4 rings (SSSR count). The summed E-state index contributed by atoms with van der Waals surface area (Å²) in [5.74, 6) is 0.0379. The zero-order chi connectivity index (χ0) is 21.3. The molecule has 0 bridgehead atoms. The number of hydrogen-bond acceptors (Lipinski definition) is 4. The van der Waals surface area contributed by atoms with Crippen LogP contribution in [0.3, 0.4) is 0 Å². The molecule has 3 heterocycles. The summed E-state index contributed by atoms with van der Waals surface area (Å²) in [7, 11) is 0. The minimum atomic E-state index is -1.21. The second-order valence-corrected chi connectivity index (χ2v) is 8.53. The molecule has 0 aliphatic carbocycles. The van der Waals surface area contributed by atoms with E-state index in [4.69, 9.17) is 16.6 Å². The second-order valence-electron chi connectivity index (χ2n) is 8.12. The summed E-state index contributed by atoms with van der Waals surface area (Å²) in [4.78, 5) is 19.6. The van der Waals surface area contributed by atoms with Crippen molar-refractivity contribution in [2.45, 2.75) is 37.8 Å². The number of carboxylic acid groups (broad SMARTS) is 1. The average Bonchev–Trinajstić information content (AvgIpc) is 3.39. The molecule has 2 N–H and O–H groups in total. The first-order valence-corrected chi connectivity index (χ1v) is 10.7. The number of likely N-dealkylation sites (tertiary alicyclic amines) is 2. The third-order valence-corrected chi connectivity index (χ3v) is 6.41. The maximum absolute atomic E-state index is 13.6. The predicted octanol–water partition coefficient (Wildman–Crippen LogP) is 3.40. The Hall–Kier alpha value is -2.16. The van der Waals surface area contributed by atoms with Gasteiger partial charge in [0.05, 0.1) is 10.7 Å². The summed E-state index contributed by atoms with van der Waals surface area (Å²) in [5, 5.41) is 20.6. The molecular formula is C21H26ClFN4O3. The quantitative estimate of drug-likeness (QED) is 0.750. The van der Waals surface area contributed by atoms with Crippen LogP contribution in [0, 0.1) is 5.82 Å². The van der Waals surface area contributed by atoms with Gasteiger partial charge in [-0.05, 0) is 44.1 Å². The zero-order valence-electron chi connectivity index (χ0n) is 16.7. The van der Waals surface area contributed by atoms with E-state index in [0.717, 1.165) is 19.6 Å². The van der Waals surface area contributed by atoms with Gasteiger partial charge in [0.1, 0.15) is 17.2 Å². The standard InChI is InChI=1S/C21H26ClFN4O3/c22-16-13-15(3-4-17(16)23)18-14-27(12-11-25-7-1-2-8-25)19(24-18)21(30)5-9-26(10-6-21)20(28)29/h3-4,13-14,30H,1-2,5-12H2,(H,28,29). The van der Waals surface area contributed by atoms with Crippen molar-refractivity contribution in [3.63, 3.8) is 0 Å². The number of halogens is 2. The fourth-order valence-electron chi connectivity index (χ4n) is 4.30. The van der Waals surface area contributed by atoms with Gasteiger partial charge in [0, 0.05) is 50.8 Å². The highest BCUT2D eigenvalue weighted by Gasteiger charge is 2.39. The van der Waals surface area contributed by atoms with Gasteiger partial charge in [0.25, 0.3) is 0 Å². The lowest BCUT2D eigenvalue weighted by atomic mass is 9.90. The highest BCUT2D eigenvalue weighted by molar-refractivity contribution is 6.31. The van der Waals surface area contributed by atoms with Crippen LogP contribution in [-0.4, -0.2) is 68.4 Å². The maximum atomic E-state index is 13.6. The van der Waals surface area contributed by atoms with Crippen LogP contribution < -0.4 is 0 Å². The normalized spacial score (nSPS) is 19.4. The van der Waals surface area contributed by atoms with Crippen molar-refractivity contribution in [2.24, 2.45) is 0 Å². The van der Waals surface area contributed by atoms with Gasteiger partial charge in [0.15, 0.2) is 0 Å². The minimum absolute atomic E-state index is 0.0224. The molecule has 7 nitrogen and oxygen atoms in total. The van der Waals surface area contributed by atoms with Gasteiger partial charge in [0.2, 0.25) is 0 Å². The summed E-state index contributed by atoms with van der Waals surface area (Å²) in [5.41, 5.74) is 0.0792. The Morgan fingerprint density at radius 1 is 1.17 bits per heavy atom. The van der Waals surface area contributed by atoms with Crippen molar-refractivity contribution in [2.75, 3.05) is 32.7 Å². The fraction of sp³-hybridized carbons (Fsp3) is 0.524. The molecule has 1 aromatic carbocycles. The first kappa shape index (κ1) is 21.1. The van der Waals surface area contributed by atoms with E-state index in [1.165, 1.54) is 29.9 Å². The van der Waals surface area contributed by atoms with E-state index >= 15 is 0 Å². The van der Waals surface area contributed by atoms with Gasteiger partial charge >= 0.3 is 6.09 Å². The third kappa shape index (κ3) is 4.31. The van der Waals surface area contributed by atoms with Crippen LogP contribution in [-0.2, 0) is 12.1 Å². The molecule has 0 spiro atoms. The number of rotatable bonds is 5. The molecule has 2 saturated heterocycles. The van der Waals surface area contributed by atoms with Crippen molar-refractivity contribution in [3.8, 4) is 11.3 Å². The smallest absolute Gasteiger partial charge is 0.407 e. The number of aliphatic hydroxyl groups is 1. The summed E-state index contributed by atoms with van der Waals surface area (Å²) in [6, 6.07) is 4.46. The lowest BCUT2D eigenvalue weighted by Gasteiger charge is -2.36. The lowest BCUT2D eigenvalue weighted by molar-refractivity contribution is -0.0310. The summed E-state index contributed by atoms with van der Waals surface area (Å²) < 4.78 is 15.6. The predicted molar refractivity (Wildman–Crippen MR) is 111 cm³/mol. The largest absolute Gasteiger partial charge is 0.465 e. The molecule has 0 saturated carbocycles. The molecule has 162 valence electrons. The Labute approximate surface area is 179 Å². The Morgan fingerprint density at radius 3 is 2.50 bits per heavy atom. The van der Waals surface area contributed by atoms with Crippen LogP contribution in [0.2, 0.25) is 5.02 Å². The van der Waals surface area contributed by atoms with Crippen LogP contribution in [0.4, 0.5) is 9.18 Å². The summed E-state index contributed by atoms with van der Waals surface area (Å²) in [6.45, 7) is 4.17. The second kappa shape index (κ2) is 8.53. The molecule has 0 atom stereocenters. The van der Waals surface area contributed by atoms with E-state index in [9.17, 15) is 19.4 Å². The van der Waals surface area contributed by atoms with Gasteiger partial charge in [-0.1, -0.05) is 11.6 Å². The summed E-state index contributed by atoms with van der Waals surface area (Å²) >= 11 is 5.95. The number of benzene rings is 1. The molecule has 1 amide bonds. The fourth-order valence-corrected chi connectivity index (χ4v) is 4.48. The van der Waals surface area contributed by atoms with Crippen LogP contribution in [0.1, 0.15) is 31.5 Å². The first-order chi connectivity index (χ1) is 14.4. The lowest BCUT2D eigenvalue weighted by Crippen LogP contribution is -2.46. The Bertz CT molecular complexity index is 921.